The van der Waals surface area contributed by atoms with Crippen LogP contribution < -0.4 is 10.6 Å². The summed E-state index contributed by atoms with van der Waals surface area (Å²) in [6, 6.07) is 0. The van der Waals surface area contributed by atoms with E-state index in [1.165, 1.54) is 25.7 Å². The standard InChI is InChI=1S/C14H26N2O3/c17-14(11-19-13-5-7-15-8-6-13)16-9-10-18-12-3-1-2-4-12/h12-13,15H,1-11H2,(H,16,17). The van der Waals surface area contributed by atoms with Gasteiger partial charge < -0.3 is 20.1 Å². The summed E-state index contributed by atoms with van der Waals surface area (Å²) in [4.78, 5) is 11.6. The van der Waals surface area contributed by atoms with Gasteiger partial charge in [-0.05, 0) is 38.8 Å². The van der Waals surface area contributed by atoms with E-state index in [0.29, 0.717) is 19.3 Å². The van der Waals surface area contributed by atoms with Crippen molar-refractivity contribution < 1.29 is 14.3 Å². The van der Waals surface area contributed by atoms with E-state index in [0.717, 1.165) is 25.9 Å². The minimum Gasteiger partial charge on any atom is -0.376 e. The number of hydrogen-bond donors (Lipinski definition) is 2. The fraction of sp³-hybridized carbons (Fsp3) is 0.929. The second-order valence-electron chi connectivity index (χ2n) is 5.39. The number of hydrogen-bond acceptors (Lipinski definition) is 4. The van der Waals surface area contributed by atoms with E-state index >= 15 is 0 Å². The van der Waals surface area contributed by atoms with Gasteiger partial charge in [0.2, 0.25) is 5.91 Å². The predicted molar refractivity (Wildman–Crippen MR) is 73.1 cm³/mol. The first-order chi connectivity index (χ1) is 9.34. The maximum absolute atomic E-state index is 11.6. The van der Waals surface area contributed by atoms with E-state index in [1.54, 1.807) is 0 Å². The molecule has 0 aromatic rings. The second-order valence-corrected chi connectivity index (χ2v) is 5.39. The Morgan fingerprint density at radius 1 is 1.05 bits per heavy atom. The van der Waals surface area contributed by atoms with Crippen molar-refractivity contribution in [1.29, 1.82) is 0 Å². The molecule has 2 N–H and O–H groups in total. The van der Waals surface area contributed by atoms with Crippen LogP contribution in [-0.2, 0) is 14.3 Å². The van der Waals surface area contributed by atoms with Crippen LogP contribution in [0.4, 0.5) is 0 Å². The number of nitrogens with one attached hydrogen (secondary N) is 2. The first-order valence-corrected chi connectivity index (χ1v) is 7.55. The lowest BCUT2D eigenvalue weighted by Gasteiger charge is -2.22. The molecule has 1 aliphatic heterocycles. The highest BCUT2D eigenvalue weighted by Gasteiger charge is 2.16. The Balaban J connectivity index is 1.45. The highest BCUT2D eigenvalue weighted by atomic mass is 16.5. The second kappa shape index (κ2) is 8.51. The van der Waals surface area contributed by atoms with Gasteiger partial charge in [-0.2, -0.15) is 0 Å². The van der Waals surface area contributed by atoms with Gasteiger partial charge in [0.1, 0.15) is 6.61 Å². The third-order valence-corrected chi connectivity index (χ3v) is 3.82. The molecule has 0 aromatic carbocycles. The third-order valence-electron chi connectivity index (χ3n) is 3.82. The molecule has 1 heterocycles. The molecule has 2 rings (SSSR count). The Morgan fingerprint density at radius 2 is 1.74 bits per heavy atom. The van der Waals surface area contributed by atoms with Gasteiger partial charge in [-0.1, -0.05) is 12.8 Å². The van der Waals surface area contributed by atoms with Gasteiger partial charge in [-0.15, -0.1) is 0 Å². The van der Waals surface area contributed by atoms with E-state index in [1.807, 2.05) is 0 Å². The van der Waals surface area contributed by atoms with E-state index < -0.39 is 0 Å². The SMILES string of the molecule is O=C(COC1CCNCC1)NCCOC1CCCC1. The summed E-state index contributed by atoms with van der Waals surface area (Å²) in [6.07, 6.45) is 7.56. The zero-order valence-electron chi connectivity index (χ0n) is 11.7. The lowest BCUT2D eigenvalue weighted by molar-refractivity contribution is -0.128. The number of rotatable bonds is 7. The number of amides is 1. The molecule has 0 spiro atoms. The van der Waals surface area contributed by atoms with Crippen molar-refractivity contribution in [2.45, 2.75) is 50.7 Å². The van der Waals surface area contributed by atoms with Gasteiger partial charge in [0, 0.05) is 6.54 Å². The Labute approximate surface area is 115 Å². The maximum atomic E-state index is 11.6. The molecule has 5 heteroatoms. The van der Waals surface area contributed by atoms with Crippen LogP contribution in [-0.4, -0.2) is 51.0 Å². The van der Waals surface area contributed by atoms with Crippen LogP contribution in [0.3, 0.4) is 0 Å². The van der Waals surface area contributed by atoms with Crippen LogP contribution in [0.5, 0.6) is 0 Å². The summed E-state index contributed by atoms with van der Waals surface area (Å²) < 4.78 is 11.3. The van der Waals surface area contributed by atoms with Gasteiger partial charge in [0.05, 0.1) is 18.8 Å². The van der Waals surface area contributed by atoms with Gasteiger partial charge in [-0.3, -0.25) is 4.79 Å². The summed E-state index contributed by atoms with van der Waals surface area (Å²) in [7, 11) is 0. The zero-order chi connectivity index (χ0) is 13.3. The van der Waals surface area contributed by atoms with Gasteiger partial charge in [0.25, 0.3) is 0 Å². The molecular formula is C14H26N2O3. The number of ether oxygens (including phenoxy) is 2. The van der Waals surface area contributed by atoms with Crippen molar-refractivity contribution in [2.75, 3.05) is 32.8 Å². The van der Waals surface area contributed by atoms with Crippen LogP contribution in [0.25, 0.3) is 0 Å². The lowest BCUT2D eigenvalue weighted by atomic mass is 10.1. The minimum absolute atomic E-state index is 0.0337. The molecule has 0 atom stereocenters. The average Bonchev–Trinajstić information content (AvgIpc) is 2.96. The Kier molecular flexibility index (Phi) is 6.61. The zero-order valence-corrected chi connectivity index (χ0v) is 11.7. The molecule has 1 aliphatic carbocycles. The van der Waals surface area contributed by atoms with Crippen LogP contribution in [0.2, 0.25) is 0 Å². The van der Waals surface area contributed by atoms with E-state index in [2.05, 4.69) is 10.6 Å². The van der Waals surface area contributed by atoms with Gasteiger partial charge in [0.15, 0.2) is 0 Å². The quantitative estimate of drug-likeness (QED) is 0.673. The first-order valence-electron chi connectivity index (χ1n) is 7.55. The van der Waals surface area contributed by atoms with E-state index in [4.69, 9.17) is 9.47 Å². The van der Waals surface area contributed by atoms with Crippen molar-refractivity contribution in [1.82, 2.24) is 10.6 Å². The molecule has 1 saturated heterocycles. The molecule has 1 saturated carbocycles. The Morgan fingerprint density at radius 3 is 2.47 bits per heavy atom. The Bertz CT molecular complexity index is 261. The lowest BCUT2D eigenvalue weighted by Crippen LogP contribution is -2.36. The summed E-state index contributed by atoms with van der Waals surface area (Å²) in [6.45, 7) is 3.35. The number of carbonyl (C=O) groups excluding carboxylic acids is 1. The van der Waals surface area contributed by atoms with Crippen molar-refractivity contribution >= 4 is 5.91 Å². The van der Waals surface area contributed by atoms with E-state index in [9.17, 15) is 4.79 Å². The monoisotopic (exact) mass is 270 g/mol. The normalized spacial score (nSPS) is 21.7. The van der Waals surface area contributed by atoms with E-state index in [-0.39, 0.29) is 18.6 Å². The summed E-state index contributed by atoms with van der Waals surface area (Å²) in [5.41, 5.74) is 0. The molecule has 0 aromatic heterocycles. The smallest absolute Gasteiger partial charge is 0.246 e. The van der Waals surface area contributed by atoms with Crippen molar-refractivity contribution in [3.05, 3.63) is 0 Å². The maximum Gasteiger partial charge on any atom is 0.246 e. The van der Waals surface area contributed by atoms with Crippen molar-refractivity contribution in [2.24, 2.45) is 0 Å². The molecule has 0 radical (unpaired) electrons. The van der Waals surface area contributed by atoms with Crippen molar-refractivity contribution in [3.63, 3.8) is 0 Å². The third kappa shape index (κ3) is 5.89. The van der Waals surface area contributed by atoms with Crippen LogP contribution in [0.15, 0.2) is 0 Å². The highest BCUT2D eigenvalue weighted by Crippen LogP contribution is 2.20. The molecule has 0 unspecified atom stereocenters. The number of piperidine rings is 1. The molecule has 110 valence electrons. The Hall–Kier alpha value is -0.650. The minimum atomic E-state index is -0.0337. The molecular weight excluding hydrogens is 244 g/mol. The van der Waals surface area contributed by atoms with Crippen LogP contribution >= 0.6 is 0 Å². The molecule has 0 bridgehead atoms. The van der Waals surface area contributed by atoms with Gasteiger partial charge in [-0.25, -0.2) is 0 Å². The predicted octanol–water partition coefficient (Wildman–Crippen LogP) is 0.830. The molecule has 1 amide bonds. The van der Waals surface area contributed by atoms with Gasteiger partial charge >= 0.3 is 0 Å². The number of carbonyl (C=O) groups is 1. The largest absolute Gasteiger partial charge is 0.376 e. The highest BCUT2D eigenvalue weighted by molar-refractivity contribution is 5.77. The van der Waals surface area contributed by atoms with Crippen molar-refractivity contribution in [3.8, 4) is 0 Å². The summed E-state index contributed by atoms with van der Waals surface area (Å²) >= 11 is 0. The first kappa shape index (κ1) is 14.8. The average molecular weight is 270 g/mol. The molecule has 5 nitrogen and oxygen atoms in total. The topological polar surface area (TPSA) is 59.6 Å². The summed E-state index contributed by atoms with van der Waals surface area (Å²) in [5.74, 6) is -0.0337. The summed E-state index contributed by atoms with van der Waals surface area (Å²) in [5, 5.41) is 6.12. The van der Waals surface area contributed by atoms with Crippen LogP contribution in [0, 0.1) is 0 Å². The molecule has 2 fully saturated rings. The molecule has 2 aliphatic rings. The fourth-order valence-electron chi connectivity index (χ4n) is 2.68. The fourth-order valence-corrected chi connectivity index (χ4v) is 2.68. The molecule has 19 heavy (non-hydrogen) atoms. The van der Waals surface area contributed by atoms with Crippen LogP contribution in [0.1, 0.15) is 38.5 Å².